The van der Waals surface area contributed by atoms with Gasteiger partial charge >= 0.3 is 11.6 Å². The van der Waals surface area contributed by atoms with Gasteiger partial charge in [-0.15, -0.1) is 0 Å². The monoisotopic (exact) mass is 291 g/mol. The molecule has 0 saturated heterocycles. The normalized spacial score (nSPS) is 10.7. The molecule has 0 atom stereocenters. The van der Waals surface area contributed by atoms with E-state index < -0.39 is 4.92 Å². The van der Waals surface area contributed by atoms with Crippen LogP contribution < -0.4 is 4.74 Å². The second-order valence-corrected chi connectivity index (χ2v) is 4.16. The number of nitrogens with zero attached hydrogens (tertiary/aromatic N) is 3. The summed E-state index contributed by atoms with van der Waals surface area (Å²) in [6.07, 6.45) is 1.26. The average Bonchev–Trinajstić information content (AvgIpc) is 2.88. The molecule has 0 saturated carbocycles. The first-order valence-corrected chi connectivity index (χ1v) is 5.84. The van der Waals surface area contributed by atoms with Crippen LogP contribution in [-0.2, 0) is 0 Å². The number of para-hydroxylation sites is 1. The van der Waals surface area contributed by atoms with Crippen molar-refractivity contribution in [3.8, 4) is 11.6 Å². The number of fused-ring (bicyclic) bond motifs is 1. The van der Waals surface area contributed by atoms with Crippen LogP contribution in [0, 0.1) is 10.1 Å². The molecule has 0 bridgehead atoms. The van der Waals surface area contributed by atoms with Crippen molar-refractivity contribution in [3.05, 3.63) is 52.0 Å². The fourth-order valence-electron chi connectivity index (χ4n) is 1.67. The van der Waals surface area contributed by atoms with Gasteiger partial charge in [-0.25, -0.2) is 4.98 Å². The summed E-state index contributed by atoms with van der Waals surface area (Å²) in [5.41, 5.74) is 0.672. The van der Waals surface area contributed by atoms with E-state index in [4.69, 9.17) is 20.8 Å². The van der Waals surface area contributed by atoms with Gasteiger partial charge in [-0.05, 0) is 18.2 Å². The molecular weight excluding hydrogens is 286 g/mol. The van der Waals surface area contributed by atoms with E-state index in [-0.39, 0.29) is 16.7 Å². The molecule has 0 radical (unpaired) electrons. The molecule has 0 fully saturated rings. The van der Waals surface area contributed by atoms with Gasteiger partial charge in [0.25, 0.3) is 0 Å². The molecule has 3 aromatic rings. The van der Waals surface area contributed by atoms with Gasteiger partial charge in [0, 0.05) is 6.07 Å². The van der Waals surface area contributed by atoms with Crippen molar-refractivity contribution in [2.45, 2.75) is 0 Å². The second kappa shape index (κ2) is 4.78. The molecule has 0 aliphatic carbocycles. The lowest BCUT2D eigenvalue weighted by Crippen LogP contribution is -1.96. The third-order valence-electron chi connectivity index (χ3n) is 2.53. The van der Waals surface area contributed by atoms with Gasteiger partial charge in [-0.3, -0.25) is 10.1 Å². The highest BCUT2D eigenvalue weighted by molar-refractivity contribution is 6.29. The highest BCUT2D eigenvalue weighted by Gasteiger charge is 2.19. The van der Waals surface area contributed by atoms with Gasteiger partial charge in [0.1, 0.15) is 5.15 Å². The SMILES string of the molecule is O=[N+]([O-])c1ccc(Cl)nc1Oc1cccc2ocnc12. The Morgan fingerprint density at radius 1 is 1.30 bits per heavy atom. The van der Waals surface area contributed by atoms with Crippen molar-refractivity contribution >= 4 is 28.4 Å². The predicted molar refractivity (Wildman–Crippen MR) is 70.0 cm³/mol. The maximum Gasteiger partial charge on any atom is 0.331 e. The Bertz CT molecular complexity index is 802. The highest BCUT2D eigenvalue weighted by Crippen LogP contribution is 2.33. The predicted octanol–water partition coefficient (Wildman–Crippen LogP) is 3.58. The number of pyridine rings is 1. The first-order chi connectivity index (χ1) is 9.65. The summed E-state index contributed by atoms with van der Waals surface area (Å²) in [5.74, 6) is 0.104. The van der Waals surface area contributed by atoms with Crippen LogP contribution in [-0.4, -0.2) is 14.9 Å². The van der Waals surface area contributed by atoms with E-state index in [1.807, 2.05) is 0 Å². The van der Waals surface area contributed by atoms with Crippen molar-refractivity contribution in [1.82, 2.24) is 9.97 Å². The number of rotatable bonds is 3. The summed E-state index contributed by atoms with van der Waals surface area (Å²) in [6, 6.07) is 7.54. The zero-order valence-corrected chi connectivity index (χ0v) is 10.6. The Balaban J connectivity index is 2.09. The van der Waals surface area contributed by atoms with E-state index in [1.54, 1.807) is 18.2 Å². The van der Waals surface area contributed by atoms with Gasteiger partial charge < -0.3 is 9.15 Å². The lowest BCUT2D eigenvalue weighted by Gasteiger charge is -2.05. The van der Waals surface area contributed by atoms with Gasteiger partial charge in [-0.2, -0.15) is 4.98 Å². The number of nitro groups is 1. The molecule has 8 heteroatoms. The molecule has 0 aliphatic heterocycles. The van der Waals surface area contributed by atoms with E-state index in [0.717, 1.165) is 0 Å². The van der Waals surface area contributed by atoms with Crippen LogP contribution in [0.3, 0.4) is 0 Å². The average molecular weight is 292 g/mol. The molecule has 7 nitrogen and oxygen atoms in total. The molecule has 0 spiro atoms. The number of halogens is 1. The standard InChI is InChI=1S/C12H6ClN3O4/c13-10-5-4-7(16(17)18)12(15-10)20-9-3-1-2-8-11(9)14-6-19-8/h1-6H. The highest BCUT2D eigenvalue weighted by atomic mass is 35.5. The molecule has 0 N–H and O–H groups in total. The maximum atomic E-state index is 10.9. The Kier molecular flexibility index (Phi) is 2.96. The molecule has 1 aromatic carbocycles. The third-order valence-corrected chi connectivity index (χ3v) is 2.74. The fourth-order valence-corrected chi connectivity index (χ4v) is 1.81. The molecule has 0 unspecified atom stereocenters. The minimum absolute atomic E-state index is 0.0953. The van der Waals surface area contributed by atoms with Crippen LogP contribution in [0.5, 0.6) is 11.6 Å². The van der Waals surface area contributed by atoms with Crippen molar-refractivity contribution in [2.24, 2.45) is 0 Å². The van der Waals surface area contributed by atoms with Crippen LogP contribution in [0.1, 0.15) is 0 Å². The maximum absolute atomic E-state index is 10.9. The summed E-state index contributed by atoms with van der Waals surface area (Å²) in [7, 11) is 0. The zero-order valence-electron chi connectivity index (χ0n) is 9.82. The summed E-state index contributed by atoms with van der Waals surface area (Å²) in [4.78, 5) is 18.2. The molecule has 3 rings (SSSR count). The summed E-state index contributed by atoms with van der Waals surface area (Å²) >= 11 is 5.74. The second-order valence-electron chi connectivity index (χ2n) is 3.77. The smallest absolute Gasteiger partial charge is 0.331 e. The van der Waals surface area contributed by atoms with Crippen molar-refractivity contribution in [2.75, 3.05) is 0 Å². The Hall–Kier alpha value is -2.67. The number of aromatic nitrogens is 2. The van der Waals surface area contributed by atoms with Crippen LogP contribution >= 0.6 is 11.6 Å². The van der Waals surface area contributed by atoms with Crippen LogP contribution in [0.2, 0.25) is 5.15 Å². The van der Waals surface area contributed by atoms with Gasteiger partial charge in [0.2, 0.25) is 0 Å². The number of benzene rings is 1. The summed E-state index contributed by atoms with van der Waals surface area (Å²) in [5, 5.41) is 11.0. The van der Waals surface area contributed by atoms with Crippen LogP contribution in [0.15, 0.2) is 41.1 Å². The summed E-state index contributed by atoms with van der Waals surface area (Å²) < 4.78 is 10.6. The lowest BCUT2D eigenvalue weighted by molar-refractivity contribution is -0.386. The fraction of sp³-hybridized carbons (Fsp3) is 0. The van der Waals surface area contributed by atoms with Crippen LogP contribution in [0.4, 0.5) is 5.69 Å². The largest absolute Gasteiger partial charge is 0.443 e. The van der Waals surface area contributed by atoms with Crippen molar-refractivity contribution in [3.63, 3.8) is 0 Å². The first kappa shape index (κ1) is 12.4. The molecule has 100 valence electrons. The van der Waals surface area contributed by atoms with Gasteiger partial charge in [0.15, 0.2) is 23.2 Å². The number of hydrogen-bond acceptors (Lipinski definition) is 6. The van der Waals surface area contributed by atoms with E-state index >= 15 is 0 Å². The summed E-state index contributed by atoms with van der Waals surface area (Å²) in [6.45, 7) is 0. The number of ether oxygens (including phenoxy) is 1. The molecule has 20 heavy (non-hydrogen) atoms. The Labute approximate surface area is 116 Å². The van der Waals surface area contributed by atoms with Gasteiger partial charge in [-0.1, -0.05) is 17.7 Å². The number of oxazole rings is 1. The van der Waals surface area contributed by atoms with Gasteiger partial charge in [0.05, 0.1) is 4.92 Å². The quantitative estimate of drug-likeness (QED) is 0.416. The molecule has 2 aromatic heterocycles. The molecule has 0 amide bonds. The third kappa shape index (κ3) is 2.14. The zero-order chi connectivity index (χ0) is 14.1. The Morgan fingerprint density at radius 3 is 2.95 bits per heavy atom. The minimum atomic E-state index is -0.596. The first-order valence-electron chi connectivity index (χ1n) is 5.46. The van der Waals surface area contributed by atoms with E-state index in [2.05, 4.69) is 9.97 Å². The number of hydrogen-bond donors (Lipinski definition) is 0. The molecule has 0 aliphatic rings. The van der Waals surface area contributed by atoms with E-state index in [0.29, 0.717) is 16.8 Å². The molecule has 2 heterocycles. The minimum Gasteiger partial charge on any atom is -0.443 e. The van der Waals surface area contributed by atoms with Crippen LogP contribution in [0.25, 0.3) is 11.1 Å². The van der Waals surface area contributed by atoms with Crippen molar-refractivity contribution in [1.29, 1.82) is 0 Å². The van der Waals surface area contributed by atoms with E-state index in [1.165, 1.54) is 18.5 Å². The van der Waals surface area contributed by atoms with E-state index in [9.17, 15) is 10.1 Å². The lowest BCUT2D eigenvalue weighted by atomic mass is 10.3. The Morgan fingerprint density at radius 2 is 2.15 bits per heavy atom. The molecular formula is C12H6ClN3O4. The van der Waals surface area contributed by atoms with Crippen molar-refractivity contribution < 1.29 is 14.1 Å². The topological polar surface area (TPSA) is 91.3 Å².